The van der Waals surface area contributed by atoms with Gasteiger partial charge >= 0.3 is 0 Å². The maximum atomic E-state index is 3.89. The molecule has 2 aromatic heterocycles. The highest BCUT2D eigenvalue weighted by atomic mass is 15.0. The van der Waals surface area contributed by atoms with Gasteiger partial charge in [-0.2, -0.15) is 0 Å². The zero-order valence-corrected chi connectivity index (χ0v) is 34.4. The summed E-state index contributed by atoms with van der Waals surface area (Å²) >= 11 is 0. The van der Waals surface area contributed by atoms with Crippen LogP contribution in [0.4, 0.5) is 0 Å². The third-order valence-corrected chi connectivity index (χ3v) is 12.6. The van der Waals surface area contributed by atoms with Crippen molar-refractivity contribution in [2.45, 2.75) is 20.3 Å². The van der Waals surface area contributed by atoms with Crippen LogP contribution in [0.15, 0.2) is 213 Å². The maximum Gasteiger partial charge on any atom is 0.0541 e. The Bertz CT molecular complexity index is 3470. The number of hydrogen-bond donors (Lipinski definition) is 0. The highest BCUT2D eigenvalue weighted by Crippen LogP contribution is 2.44. The number of benzene rings is 9. The molecule has 0 aliphatic heterocycles. The lowest BCUT2D eigenvalue weighted by Gasteiger charge is -2.14. The van der Waals surface area contributed by atoms with E-state index in [0.717, 1.165) is 12.0 Å². The predicted octanol–water partition coefficient (Wildman–Crippen LogP) is 15.8. The molecule has 0 fully saturated rings. The Morgan fingerprint density at radius 2 is 0.967 bits per heavy atom. The van der Waals surface area contributed by atoms with Crippen molar-refractivity contribution in [3.63, 3.8) is 0 Å². The highest BCUT2D eigenvalue weighted by Gasteiger charge is 2.25. The Kier molecular flexibility index (Phi) is 8.86. The number of aryl methyl sites for hydroxylation is 1. The molecule has 11 aromatic rings. The summed E-state index contributed by atoms with van der Waals surface area (Å²) in [6.07, 6.45) is 0.908. The van der Waals surface area contributed by atoms with Gasteiger partial charge < -0.3 is 9.13 Å². The third-order valence-electron chi connectivity index (χ3n) is 12.6. The zero-order valence-electron chi connectivity index (χ0n) is 34.4. The van der Waals surface area contributed by atoms with Gasteiger partial charge in [0.15, 0.2) is 0 Å². The molecule has 2 heterocycles. The molecule has 2 heteroatoms. The molecule has 9 aromatic carbocycles. The smallest absolute Gasteiger partial charge is 0.0541 e. The standard InChI is InChI=1S/C49H32N2.C10H12/c1-3-12-32(13-4-1)34-23-26-48-43(28-34)39-16-7-9-19-45(39)50(48)37-25-22-36-30-42-38(41(36)31-37)18-11-21-47(42)51-46-20-10-8-17-40(46)44-29-35(24-27-49(44)51)33-14-5-2-6-15-33;1-8(2)10-7-5-4-6-9(10)3/h1-29,31H,30H2;4-7H,1H2,2-3H3. The number of allylic oxidation sites excluding steroid dienone is 1. The summed E-state index contributed by atoms with van der Waals surface area (Å²) in [5.41, 5.74) is 21.4. The molecule has 0 radical (unpaired) electrons. The van der Waals surface area contributed by atoms with Crippen LogP contribution in [0, 0.1) is 6.92 Å². The SMILES string of the molecule is C=C(C)c1ccccc1C.c1ccc(-c2ccc3c(c2)c2ccccc2n3-c2ccc3c(c2)-c2cccc(-n4c5ccccc5c5cc(-c6ccccc6)ccc54)c2C3)cc1. The molecule has 0 bridgehead atoms. The number of hydrogen-bond acceptors (Lipinski definition) is 0. The number of aromatic nitrogens is 2. The monoisotopic (exact) mass is 780 g/mol. The molecule has 1 aliphatic rings. The van der Waals surface area contributed by atoms with E-state index in [9.17, 15) is 0 Å². The molecule has 0 atom stereocenters. The van der Waals surface area contributed by atoms with Crippen molar-refractivity contribution >= 4 is 49.2 Å². The fraction of sp³-hybridized carbons (Fsp3) is 0.0508. The Labute approximate surface area is 356 Å². The Balaban J connectivity index is 0.000000373. The van der Waals surface area contributed by atoms with Gasteiger partial charge in [-0.15, -0.1) is 0 Å². The van der Waals surface area contributed by atoms with Crippen molar-refractivity contribution in [1.82, 2.24) is 9.13 Å². The van der Waals surface area contributed by atoms with Gasteiger partial charge in [-0.05, 0) is 124 Å². The van der Waals surface area contributed by atoms with Crippen LogP contribution >= 0.6 is 0 Å². The molecule has 12 rings (SSSR count). The van der Waals surface area contributed by atoms with E-state index in [4.69, 9.17) is 0 Å². The van der Waals surface area contributed by atoms with Gasteiger partial charge in [-0.25, -0.2) is 0 Å². The average Bonchev–Trinajstić information content (AvgIpc) is 3.97. The van der Waals surface area contributed by atoms with Crippen molar-refractivity contribution in [1.29, 1.82) is 0 Å². The number of nitrogens with zero attached hydrogens (tertiary/aromatic N) is 2. The van der Waals surface area contributed by atoms with Crippen LogP contribution in [-0.4, -0.2) is 9.13 Å². The predicted molar refractivity (Wildman–Crippen MR) is 260 cm³/mol. The molecular weight excluding hydrogens is 737 g/mol. The van der Waals surface area contributed by atoms with E-state index in [0.29, 0.717) is 0 Å². The minimum atomic E-state index is 0.908. The number of rotatable bonds is 5. The first-order chi connectivity index (χ1) is 30.0. The lowest BCUT2D eigenvalue weighted by molar-refractivity contribution is 1.12. The van der Waals surface area contributed by atoms with Crippen molar-refractivity contribution in [3.05, 3.63) is 235 Å². The van der Waals surface area contributed by atoms with E-state index in [1.165, 1.54) is 111 Å². The number of fused-ring (bicyclic) bond motifs is 9. The lowest BCUT2D eigenvalue weighted by atomic mass is 10.0. The average molecular weight is 781 g/mol. The van der Waals surface area contributed by atoms with E-state index in [-0.39, 0.29) is 0 Å². The highest BCUT2D eigenvalue weighted by molar-refractivity contribution is 6.12. The summed E-state index contributed by atoms with van der Waals surface area (Å²) < 4.78 is 4.93. The Morgan fingerprint density at radius 1 is 0.426 bits per heavy atom. The number of para-hydroxylation sites is 2. The molecule has 0 unspecified atom stereocenters. The normalized spacial score (nSPS) is 11.8. The van der Waals surface area contributed by atoms with E-state index >= 15 is 0 Å². The van der Waals surface area contributed by atoms with Crippen LogP contribution in [0.2, 0.25) is 0 Å². The topological polar surface area (TPSA) is 9.86 Å². The molecular formula is C59H44N2. The van der Waals surface area contributed by atoms with Crippen LogP contribution in [0.1, 0.15) is 29.2 Å². The van der Waals surface area contributed by atoms with Crippen LogP contribution in [-0.2, 0) is 6.42 Å². The van der Waals surface area contributed by atoms with Gasteiger partial charge in [0.1, 0.15) is 0 Å². The summed E-state index contributed by atoms with van der Waals surface area (Å²) in [6, 6.07) is 75.1. The second kappa shape index (κ2) is 14.9. The molecule has 0 saturated carbocycles. The second-order valence-corrected chi connectivity index (χ2v) is 16.3. The fourth-order valence-electron chi connectivity index (χ4n) is 9.68. The minimum absolute atomic E-state index is 0.908. The summed E-state index contributed by atoms with van der Waals surface area (Å²) in [4.78, 5) is 0. The molecule has 0 spiro atoms. The molecule has 0 saturated heterocycles. The Hall–Kier alpha value is -7.68. The molecule has 1 aliphatic carbocycles. The molecule has 2 nitrogen and oxygen atoms in total. The van der Waals surface area contributed by atoms with Gasteiger partial charge in [0.2, 0.25) is 0 Å². The van der Waals surface area contributed by atoms with E-state index in [1.807, 2.05) is 19.1 Å². The molecule has 290 valence electrons. The summed E-state index contributed by atoms with van der Waals surface area (Å²) in [6.45, 7) is 8.02. The first-order valence-electron chi connectivity index (χ1n) is 21.2. The van der Waals surface area contributed by atoms with E-state index in [1.54, 1.807) is 0 Å². The van der Waals surface area contributed by atoms with Crippen molar-refractivity contribution in [2.24, 2.45) is 0 Å². The largest absolute Gasteiger partial charge is 0.309 e. The fourth-order valence-corrected chi connectivity index (χ4v) is 9.68. The molecule has 0 N–H and O–H groups in total. The third kappa shape index (κ3) is 6.19. The van der Waals surface area contributed by atoms with E-state index in [2.05, 4.69) is 217 Å². The van der Waals surface area contributed by atoms with Gasteiger partial charge in [0.05, 0.1) is 27.8 Å². The van der Waals surface area contributed by atoms with Crippen LogP contribution in [0.3, 0.4) is 0 Å². The first-order valence-corrected chi connectivity index (χ1v) is 21.2. The van der Waals surface area contributed by atoms with Crippen LogP contribution in [0.5, 0.6) is 0 Å². The summed E-state index contributed by atoms with van der Waals surface area (Å²) in [5, 5.41) is 5.11. The van der Waals surface area contributed by atoms with E-state index < -0.39 is 0 Å². The van der Waals surface area contributed by atoms with Crippen LogP contribution in [0.25, 0.3) is 93.9 Å². The Morgan fingerprint density at radius 3 is 1.57 bits per heavy atom. The van der Waals surface area contributed by atoms with Gasteiger partial charge in [0, 0.05) is 33.7 Å². The quantitative estimate of drug-likeness (QED) is 0.165. The first kappa shape index (κ1) is 36.4. The summed E-state index contributed by atoms with van der Waals surface area (Å²) in [7, 11) is 0. The minimum Gasteiger partial charge on any atom is -0.309 e. The maximum absolute atomic E-state index is 3.89. The summed E-state index contributed by atoms with van der Waals surface area (Å²) in [5.74, 6) is 0. The molecule has 0 amide bonds. The van der Waals surface area contributed by atoms with Crippen molar-refractivity contribution in [2.75, 3.05) is 0 Å². The lowest BCUT2D eigenvalue weighted by Crippen LogP contribution is -1.99. The van der Waals surface area contributed by atoms with Crippen molar-refractivity contribution < 1.29 is 0 Å². The van der Waals surface area contributed by atoms with Gasteiger partial charge in [0.25, 0.3) is 0 Å². The molecule has 61 heavy (non-hydrogen) atoms. The second-order valence-electron chi connectivity index (χ2n) is 16.3. The van der Waals surface area contributed by atoms with Gasteiger partial charge in [-0.3, -0.25) is 0 Å². The zero-order chi connectivity index (χ0) is 41.0. The van der Waals surface area contributed by atoms with Crippen molar-refractivity contribution in [3.8, 4) is 44.8 Å². The van der Waals surface area contributed by atoms with Gasteiger partial charge in [-0.1, -0.05) is 164 Å². The van der Waals surface area contributed by atoms with Crippen LogP contribution < -0.4 is 0 Å².